The van der Waals surface area contributed by atoms with Gasteiger partial charge in [-0.25, -0.2) is 0 Å². The fourth-order valence-corrected chi connectivity index (χ4v) is 0.987. The number of halogens is 1. The molecule has 0 spiro atoms. The van der Waals surface area contributed by atoms with E-state index in [1.54, 1.807) is 13.0 Å². The van der Waals surface area contributed by atoms with Gasteiger partial charge < -0.3 is 5.11 Å². The first kappa shape index (κ1) is 12.2. The topological polar surface area (TPSA) is 54.4 Å². The lowest BCUT2D eigenvalue weighted by Gasteiger charge is -1.98. The molecular weight excluding hydrogens is 192 g/mol. The molecule has 74 valence electrons. The maximum atomic E-state index is 10.4. The van der Waals surface area contributed by atoms with Crippen LogP contribution in [0.1, 0.15) is 20.3 Å². The summed E-state index contributed by atoms with van der Waals surface area (Å²) in [7, 11) is 0. The van der Waals surface area contributed by atoms with Gasteiger partial charge in [-0.05, 0) is 30.9 Å². The zero-order valence-corrected chi connectivity index (χ0v) is 8.47. The molecule has 0 aliphatic heterocycles. The van der Waals surface area contributed by atoms with Crippen molar-refractivity contribution in [3.05, 3.63) is 12.7 Å². The van der Waals surface area contributed by atoms with E-state index in [0.29, 0.717) is 0 Å². The molecule has 4 heteroatoms. The smallest absolute Gasteiger partial charge is 0.309 e. The number of allylic oxidation sites excluding steroid dienone is 1. The SMILES string of the molecule is C=C[C@@H]1C[C@]1(C)C(=O)O.CC(=O)Cl. The van der Waals surface area contributed by atoms with E-state index in [2.05, 4.69) is 18.2 Å². The van der Waals surface area contributed by atoms with E-state index in [4.69, 9.17) is 5.11 Å². The lowest BCUT2D eigenvalue weighted by Crippen LogP contribution is -2.11. The van der Waals surface area contributed by atoms with Crippen molar-refractivity contribution in [1.29, 1.82) is 0 Å². The summed E-state index contributed by atoms with van der Waals surface area (Å²) in [6.45, 7) is 6.58. The minimum absolute atomic E-state index is 0.204. The Bertz CT molecular complexity index is 233. The van der Waals surface area contributed by atoms with Gasteiger partial charge in [0.15, 0.2) is 0 Å². The highest BCUT2D eigenvalue weighted by atomic mass is 35.5. The molecule has 1 aliphatic carbocycles. The maximum absolute atomic E-state index is 10.4. The molecule has 13 heavy (non-hydrogen) atoms. The van der Waals surface area contributed by atoms with E-state index >= 15 is 0 Å². The Morgan fingerprint density at radius 2 is 2.08 bits per heavy atom. The molecule has 0 aromatic carbocycles. The molecule has 1 aliphatic rings. The molecule has 2 atom stereocenters. The van der Waals surface area contributed by atoms with Crippen LogP contribution in [0.5, 0.6) is 0 Å². The Morgan fingerprint density at radius 1 is 1.69 bits per heavy atom. The average Bonchev–Trinajstić information content (AvgIpc) is 2.62. The third-order valence-electron chi connectivity index (χ3n) is 2.08. The van der Waals surface area contributed by atoms with E-state index in [1.165, 1.54) is 6.92 Å². The van der Waals surface area contributed by atoms with Crippen LogP contribution in [0.25, 0.3) is 0 Å². The van der Waals surface area contributed by atoms with Gasteiger partial charge in [0.25, 0.3) is 0 Å². The van der Waals surface area contributed by atoms with Crippen molar-refractivity contribution in [3.63, 3.8) is 0 Å². The first-order chi connectivity index (χ1) is 5.84. The van der Waals surface area contributed by atoms with Gasteiger partial charge in [-0.2, -0.15) is 0 Å². The largest absolute Gasteiger partial charge is 0.481 e. The van der Waals surface area contributed by atoms with Crippen LogP contribution in [0.3, 0.4) is 0 Å². The highest BCUT2D eigenvalue weighted by molar-refractivity contribution is 6.62. The van der Waals surface area contributed by atoms with Gasteiger partial charge in [-0.1, -0.05) is 6.08 Å². The van der Waals surface area contributed by atoms with Crippen molar-refractivity contribution >= 4 is 22.8 Å². The molecule has 0 saturated heterocycles. The van der Waals surface area contributed by atoms with Crippen LogP contribution in [-0.4, -0.2) is 16.3 Å². The normalized spacial score (nSPS) is 29.6. The van der Waals surface area contributed by atoms with Crippen LogP contribution < -0.4 is 0 Å². The Morgan fingerprint density at radius 3 is 2.15 bits per heavy atom. The van der Waals surface area contributed by atoms with Gasteiger partial charge in [0.1, 0.15) is 0 Å². The van der Waals surface area contributed by atoms with Crippen molar-refractivity contribution in [2.75, 3.05) is 0 Å². The monoisotopic (exact) mass is 204 g/mol. The van der Waals surface area contributed by atoms with Crippen LogP contribution >= 0.6 is 11.6 Å². The molecule has 1 saturated carbocycles. The number of carbonyl (C=O) groups is 2. The summed E-state index contributed by atoms with van der Waals surface area (Å²) in [6.07, 6.45) is 2.47. The summed E-state index contributed by atoms with van der Waals surface area (Å²) in [5.41, 5.74) is -0.484. The van der Waals surface area contributed by atoms with Crippen molar-refractivity contribution in [3.8, 4) is 0 Å². The van der Waals surface area contributed by atoms with Crippen LogP contribution in [0.4, 0.5) is 0 Å². The molecule has 1 rings (SSSR count). The predicted octanol–water partition coefficient (Wildman–Crippen LogP) is 2.05. The van der Waals surface area contributed by atoms with Gasteiger partial charge in [-0.15, -0.1) is 6.58 Å². The number of hydrogen-bond donors (Lipinski definition) is 1. The summed E-state index contributed by atoms with van der Waals surface area (Å²) < 4.78 is 0. The third-order valence-corrected chi connectivity index (χ3v) is 2.08. The lowest BCUT2D eigenvalue weighted by atomic mass is 10.1. The predicted molar refractivity (Wildman–Crippen MR) is 50.6 cm³/mol. The van der Waals surface area contributed by atoms with Gasteiger partial charge >= 0.3 is 5.97 Å². The standard InChI is InChI=1S/C7H10O2.C2H3ClO/c1-3-5-4-7(5,2)6(8)9;1-2(3)4/h3,5H,1,4H2,2H3,(H,8,9);1H3/t5-,7+;/m1./s1. The molecule has 0 aromatic heterocycles. The summed E-state index contributed by atoms with van der Waals surface area (Å²) in [6, 6.07) is 0. The Hall–Kier alpha value is -0.830. The summed E-state index contributed by atoms with van der Waals surface area (Å²) in [5, 5.41) is 8.21. The van der Waals surface area contributed by atoms with Crippen LogP contribution in [0.15, 0.2) is 12.7 Å². The molecule has 0 radical (unpaired) electrons. The number of hydrogen-bond acceptors (Lipinski definition) is 2. The number of rotatable bonds is 2. The average molecular weight is 205 g/mol. The second-order valence-electron chi connectivity index (χ2n) is 3.24. The molecule has 0 unspecified atom stereocenters. The zero-order valence-electron chi connectivity index (χ0n) is 7.71. The van der Waals surface area contributed by atoms with Crippen molar-refractivity contribution < 1.29 is 14.7 Å². The maximum Gasteiger partial charge on any atom is 0.309 e. The second kappa shape index (κ2) is 4.42. The molecule has 0 bridgehead atoms. The second-order valence-corrected chi connectivity index (χ2v) is 3.77. The van der Waals surface area contributed by atoms with Crippen molar-refractivity contribution in [2.45, 2.75) is 20.3 Å². The summed E-state index contributed by atoms with van der Waals surface area (Å²) in [4.78, 5) is 19.6. The Kier molecular flexibility index (Phi) is 4.14. The number of carbonyl (C=O) groups excluding carboxylic acids is 1. The molecule has 0 amide bonds. The van der Waals surface area contributed by atoms with Crippen LogP contribution in [-0.2, 0) is 9.59 Å². The minimum Gasteiger partial charge on any atom is -0.481 e. The van der Waals surface area contributed by atoms with E-state index in [-0.39, 0.29) is 11.2 Å². The van der Waals surface area contributed by atoms with Crippen molar-refractivity contribution in [2.24, 2.45) is 11.3 Å². The minimum atomic E-state index is -0.701. The Balaban J connectivity index is 0.000000310. The van der Waals surface area contributed by atoms with Gasteiger partial charge in [0, 0.05) is 6.92 Å². The number of carboxylic acid groups (broad SMARTS) is 1. The van der Waals surface area contributed by atoms with E-state index in [1.807, 2.05) is 0 Å². The molecule has 1 fully saturated rings. The van der Waals surface area contributed by atoms with E-state index < -0.39 is 11.4 Å². The van der Waals surface area contributed by atoms with Gasteiger partial charge in [-0.3, -0.25) is 9.59 Å². The first-order valence-electron chi connectivity index (χ1n) is 3.86. The van der Waals surface area contributed by atoms with E-state index in [9.17, 15) is 9.59 Å². The molecule has 0 heterocycles. The van der Waals surface area contributed by atoms with E-state index in [0.717, 1.165) is 6.42 Å². The molecule has 0 aromatic rings. The zero-order chi connectivity index (χ0) is 10.6. The summed E-state index contributed by atoms with van der Waals surface area (Å²) in [5.74, 6) is -0.498. The first-order valence-corrected chi connectivity index (χ1v) is 4.24. The molecular formula is C9H13ClO3. The van der Waals surface area contributed by atoms with Crippen LogP contribution in [0.2, 0.25) is 0 Å². The number of carboxylic acids is 1. The molecule has 3 nitrogen and oxygen atoms in total. The Labute approximate surface area is 82.4 Å². The summed E-state index contributed by atoms with van der Waals surface area (Å²) >= 11 is 4.64. The third kappa shape index (κ3) is 3.59. The lowest BCUT2D eigenvalue weighted by molar-refractivity contribution is -0.143. The highest BCUT2D eigenvalue weighted by Gasteiger charge is 2.54. The highest BCUT2D eigenvalue weighted by Crippen LogP contribution is 2.52. The fourth-order valence-electron chi connectivity index (χ4n) is 0.987. The van der Waals surface area contributed by atoms with Gasteiger partial charge in [0.2, 0.25) is 5.24 Å². The molecule has 1 N–H and O–H groups in total. The fraction of sp³-hybridized carbons (Fsp3) is 0.556. The quantitative estimate of drug-likeness (QED) is 0.553. The van der Waals surface area contributed by atoms with Crippen LogP contribution in [0, 0.1) is 11.3 Å². The van der Waals surface area contributed by atoms with Gasteiger partial charge in [0.05, 0.1) is 5.41 Å². The number of aliphatic carboxylic acids is 1. The van der Waals surface area contributed by atoms with Crippen molar-refractivity contribution in [1.82, 2.24) is 0 Å².